The number of carbonyl (C=O) groups excluding carboxylic acids is 2. The fourth-order valence-corrected chi connectivity index (χ4v) is 6.65. The van der Waals surface area contributed by atoms with E-state index < -0.39 is 71.2 Å². The summed E-state index contributed by atoms with van der Waals surface area (Å²) in [5, 5.41) is 30.9. The van der Waals surface area contributed by atoms with Gasteiger partial charge in [0, 0.05) is 12.8 Å². The number of allylic oxidation sites excluding steroid dienone is 18. The van der Waals surface area contributed by atoms with Crippen LogP contribution in [0, 0.1) is 0 Å². The zero-order valence-corrected chi connectivity index (χ0v) is 38.0. The molecule has 2 unspecified atom stereocenters. The SMILES string of the molecule is CC/C=C/C=C/C=C/C=C/CCCCCCCC(=O)O[C@H](COC(=O)CC/C=C/C/C=C/C/C=C/C/C=C/C/C=C/CCCCC)CO[C@H]1O[C@H](CS(=O)(=O)O)[C@@H](O)C(O)C1O. The van der Waals surface area contributed by atoms with E-state index in [2.05, 4.69) is 74.6 Å². The smallest absolute Gasteiger partial charge is 0.306 e. The first-order valence-electron chi connectivity index (χ1n) is 22.5. The summed E-state index contributed by atoms with van der Waals surface area (Å²) < 4.78 is 53.9. The molecular weight excluding hydrogens is 813 g/mol. The molecule has 350 valence electrons. The van der Waals surface area contributed by atoms with Crippen molar-refractivity contribution >= 4 is 22.1 Å². The van der Waals surface area contributed by atoms with Crippen LogP contribution in [0.15, 0.2) is 109 Å². The lowest BCUT2D eigenvalue weighted by molar-refractivity contribution is -0.297. The van der Waals surface area contributed by atoms with Crippen LogP contribution in [0.5, 0.6) is 0 Å². The van der Waals surface area contributed by atoms with Gasteiger partial charge >= 0.3 is 11.9 Å². The minimum atomic E-state index is -4.62. The summed E-state index contributed by atoms with van der Waals surface area (Å²) in [5.74, 6) is -2.14. The van der Waals surface area contributed by atoms with Crippen molar-refractivity contribution in [2.45, 2.75) is 166 Å². The van der Waals surface area contributed by atoms with E-state index in [4.69, 9.17) is 18.9 Å². The Morgan fingerprint density at radius 2 is 1.11 bits per heavy atom. The highest BCUT2D eigenvalue weighted by Gasteiger charge is 2.46. The Hall–Kier alpha value is -3.69. The summed E-state index contributed by atoms with van der Waals surface area (Å²) in [5.41, 5.74) is 0. The lowest BCUT2D eigenvalue weighted by Gasteiger charge is -2.40. The second kappa shape index (κ2) is 37.8. The second-order valence-electron chi connectivity index (χ2n) is 15.1. The molecule has 0 spiro atoms. The first kappa shape index (κ1) is 56.3. The van der Waals surface area contributed by atoms with Gasteiger partial charge in [0.1, 0.15) is 36.8 Å². The third-order valence-electron chi connectivity index (χ3n) is 9.44. The van der Waals surface area contributed by atoms with E-state index in [-0.39, 0.29) is 19.4 Å². The summed E-state index contributed by atoms with van der Waals surface area (Å²) >= 11 is 0. The van der Waals surface area contributed by atoms with Crippen LogP contribution in [0.4, 0.5) is 0 Å². The van der Waals surface area contributed by atoms with Crippen LogP contribution in [0.1, 0.15) is 129 Å². The molecule has 1 rings (SSSR count). The number of rotatable bonds is 35. The molecule has 0 aliphatic carbocycles. The molecule has 1 heterocycles. The van der Waals surface area contributed by atoms with E-state index in [1.54, 1.807) is 0 Å². The topological polar surface area (TPSA) is 186 Å². The first-order chi connectivity index (χ1) is 30.0. The molecule has 12 nitrogen and oxygen atoms in total. The maximum atomic E-state index is 12.8. The van der Waals surface area contributed by atoms with Crippen molar-refractivity contribution in [2.75, 3.05) is 19.0 Å². The predicted octanol–water partition coefficient (Wildman–Crippen LogP) is 9.22. The minimum absolute atomic E-state index is 0.0826. The average molecular weight is 889 g/mol. The van der Waals surface area contributed by atoms with E-state index >= 15 is 0 Å². The molecule has 0 bridgehead atoms. The van der Waals surface area contributed by atoms with Gasteiger partial charge in [0.05, 0.1) is 6.61 Å². The average Bonchev–Trinajstić information content (AvgIpc) is 3.24. The Morgan fingerprint density at radius 1 is 0.581 bits per heavy atom. The van der Waals surface area contributed by atoms with Crippen molar-refractivity contribution in [3.8, 4) is 0 Å². The Labute approximate surface area is 372 Å². The summed E-state index contributed by atoms with van der Waals surface area (Å²) in [6.45, 7) is 3.48. The number of unbranched alkanes of at least 4 members (excludes halogenated alkanes) is 8. The van der Waals surface area contributed by atoms with Gasteiger partial charge in [-0.25, -0.2) is 0 Å². The fraction of sp³-hybridized carbons (Fsp3) is 0.592. The highest BCUT2D eigenvalue weighted by Crippen LogP contribution is 2.24. The van der Waals surface area contributed by atoms with Gasteiger partial charge in [-0.1, -0.05) is 155 Å². The highest BCUT2D eigenvalue weighted by atomic mass is 32.2. The van der Waals surface area contributed by atoms with Gasteiger partial charge in [-0.05, 0) is 70.6 Å². The van der Waals surface area contributed by atoms with Gasteiger partial charge < -0.3 is 34.3 Å². The van der Waals surface area contributed by atoms with E-state index in [9.17, 15) is 37.9 Å². The molecule has 0 aromatic rings. The molecule has 0 saturated carbocycles. The van der Waals surface area contributed by atoms with Gasteiger partial charge in [0.25, 0.3) is 10.1 Å². The zero-order valence-electron chi connectivity index (χ0n) is 37.2. The quantitative estimate of drug-likeness (QED) is 0.0156. The largest absolute Gasteiger partial charge is 0.462 e. The monoisotopic (exact) mass is 889 g/mol. The van der Waals surface area contributed by atoms with Crippen molar-refractivity contribution in [2.24, 2.45) is 0 Å². The highest BCUT2D eigenvalue weighted by molar-refractivity contribution is 7.85. The van der Waals surface area contributed by atoms with Crippen LogP contribution in [-0.4, -0.2) is 96.0 Å². The number of esters is 2. The Morgan fingerprint density at radius 3 is 1.73 bits per heavy atom. The molecule has 1 aliphatic rings. The summed E-state index contributed by atoms with van der Waals surface area (Å²) in [6.07, 6.45) is 42.8. The van der Waals surface area contributed by atoms with Crippen LogP contribution in [-0.2, 0) is 38.7 Å². The van der Waals surface area contributed by atoms with Crippen LogP contribution in [0.25, 0.3) is 0 Å². The van der Waals surface area contributed by atoms with E-state index in [0.717, 1.165) is 70.6 Å². The number of hydrogen-bond donors (Lipinski definition) is 4. The number of aliphatic hydroxyl groups excluding tert-OH is 3. The fourth-order valence-electron chi connectivity index (χ4n) is 5.96. The maximum Gasteiger partial charge on any atom is 0.306 e. The van der Waals surface area contributed by atoms with Gasteiger partial charge in [-0.3, -0.25) is 14.1 Å². The standard InChI is InChI=1S/C49H76O12S/c1-3-5-7-9-11-13-15-17-19-20-21-22-24-25-27-29-31-33-35-37-44(50)58-39-42(40-59-49-48(54)47(53)46(52)43(61-49)41-62(55,56)57)60-45(51)38-36-34-32-30-28-26-23-18-16-14-12-10-8-6-4-2/h6,8,10-14,16-19,21-23,25,27,31,33,42-43,46-49,52-54H,3-5,7,9,15,20,24,26,28-30,32,34-41H2,1-2H3,(H,55,56,57)/b8-6+,12-10+,13-11+,16-14+,19-17+,22-21+,23-18+,27-25+,33-31+/t42-,43-,46-,47?,48?,49+/m1/s1. The molecule has 0 amide bonds. The van der Waals surface area contributed by atoms with Crippen LogP contribution < -0.4 is 0 Å². The second-order valence-corrected chi connectivity index (χ2v) is 16.6. The van der Waals surface area contributed by atoms with Gasteiger partial charge in [0.15, 0.2) is 12.4 Å². The molecule has 1 saturated heterocycles. The van der Waals surface area contributed by atoms with Crippen LogP contribution in [0.2, 0.25) is 0 Å². The molecule has 0 aromatic heterocycles. The van der Waals surface area contributed by atoms with Crippen LogP contribution >= 0.6 is 0 Å². The number of carbonyl (C=O) groups is 2. The zero-order chi connectivity index (χ0) is 45.5. The molecule has 0 aromatic carbocycles. The molecule has 13 heteroatoms. The van der Waals surface area contributed by atoms with Crippen molar-refractivity contribution in [3.05, 3.63) is 109 Å². The molecule has 62 heavy (non-hydrogen) atoms. The lowest BCUT2D eigenvalue weighted by atomic mass is 10.00. The van der Waals surface area contributed by atoms with Crippen molar-refractivity contribution in [1.82, 2.24) is 0 Å². The number of aliphatic hydroxyl groups is 3. The molecule has 0 radical (unpaired) electrons. The Balaban J connectivity index is 2.53. The predicted molar refractivity (Wildman–Crippen MR) is 247 cm³/mol. The molecule has 1 aliphatic heterocycles. The molecule has 6 atom stereocenters. The first-order valence-corrected chi connectivity index (χ1v) is 24.1. The molecule has 1 fully saturated rings. The van der Waals surface area contributed by atoms with Crippen molar-refractivity contribution in [1.29, 1.82) is 0 Å². The van der Waals surface area contributed by atoms with E-state index in [0.29, 0.717) is 12.8 Å². The Kier molecular flexibility index (Phi) is 34.4. The third-order valence-corrected chi connectivity index (χ3v) is 10.2. The van der Waals surface area contributed by atoms with Gasteiger partial charge in [-0.15, -0.1) is 0 Å². The summed E-state index contributed by atoms with van der Waals surface area (Å²) in [4.78, 5) is 25.4. The number of hydrogen-bond acceptors (Lipinski definition) is 11. The summed E-state index contributed by atoms with van der Waals surface area (Å²) in [6, 6.07) is 0. The van der Waals surface area contributed by atoms with Crippen LogP contribution in [0.3, 0.4) is 0 Å². The third kappa shape index (κ3) is 32.1. The minimum Gasteiger partial charge on any atom is -0.462 e. The number of ether oxygens (including phenoxy) is 4. The Bertz CT molecular complexity index is 1560. The van der Waals surface area contributed by atoms with E-state index in [1.165, 1.54) is 19.3 Å². The van der Waals surface area contributed by atoms with E-state index in [1.807, 2.05) is 48.6 Å². The lowest BCUT2D eigenvalue weighted by Crippen LogP contribution is -2.60. The van der Waals surface area contributed by atoms with Gasteiger partial charge in [-0.2, -0.15) is 8.42 Å². The maximum absolute atomic E-state index is 12.8. The molecule has 4 N–H and O–H groups in total. The normalized spacial score (nSPS) is 20.9. The summed E-state index contributed by atoms with van der Waals surface area (Å²) in [7, 11) is -4.62. The molecular formula is C49H76O12S. The van der Waals surface area contributed by atoms with Crippen molar-refractivity contribution < 1.29 is 56.8 Å². The van der Waals surface area contributed by atoms with Gasteiger partial charge in [0.2, 0.25) is 0 Å². The van der Waals surface area contributed by atoms with Crippen molar-refractivity contribution in [3.63, 3.8) is 0 Å².